The van der Waals surface area contributed by atoms with Crippen LogP contribution in [-0.2, 0) is 24.4 Å². The summed E-state index contributed by atoms with van der Waals surface area (Å²) in [5, 5.41) is 4.31. The number of aromatic nitrogens is 4. The highest BCUT2D eigenvalue weighted by Gasteiger charge is 2.29. The first kappa shape index (κ1) is 15.2. The van der Waals surface area contributed by atoms with Crippen LogP contribution in [0.15, 0.2) is 30.9 Å². The van der Waals surface area contributed by atoms with Gasteiger partial charge in [0.25, 0.3) is 0 Å². The van der Waals surface area contributed by atoms with Crippen LogP contribution in [0.25, 0.3) is 0 Å². The van der Waals surface area contributed by atoms with Crippen LogP contribution < -0.4 is 0 Å². The summed E-state index contributed by atoms with van der Waals surface area (Å²) >= 11 is 0. The second-order valence-electron chi connectivity index (χ2n) is 6.35. The number of fused-ring (bicyclic) bond motifs is 1. The van der Waals surface area contributed by atoms with Crippen LogP contribution in [0.3, 0.4) is 0 Å². The first-order valence-corrected chi connectivity index (χ1v) is 8.38. The quantitative estimate of drug-likeness (QED) is 0.811. The van der Waals surface area contributed by atoms with E-state index in [1.807, 2.05) is 39.1 Å². The number of urea groups is 1. The van der Waals surface area contributed by atoms with E-state index < -0.39 is 0 Å². The Morgan fingerprint density at radius 2 is 2.04 bits per heavy atom. The van der Waals surface area contributed by atoms with E-state index in [4.69, 9.17) is 4.74 Å². The molecule has 0 N–H and O–H groups in total. The molecule has 0 unspecified atom stereocenters. The number of carbonyl (C=O) groups is 1. The molecule has 0 aromatic carbocycles. The van der Waals surface area contributed by atoms with E-state index in [1.54, 1.807) is 6.20 Å². The normalized spacial score (nSPS) is 21.4. The van der Waals surface area contributed by atoms with Crippen molar-refractivity contribution in [3.05, 3.63) is 36.7 Å². The number of carbonyl (C=O) groups excluding carboxylic acids is 1. The summed E-state index contributed by atoms with van der Waals surface area (Å²) in [7, 11) is 0. The molecule has 0 aliphatic carbocycles. The van der Waals surface area contributed by atoms with Crippen molar-refractivity contribution in [2.45, 2.75) is 19.6 Å². The molecule has 4 heterocycles. The smallest absolute Gasteiger partial charge is 0.320 e. The van der Waals surface area contributed by atoms with Crippen molar-refractivity contribution in [1.29, 1.82) is 0 Å². The monoisotopic (exact) mass is 330 g/mol. The molecule has 2 aliphatic heterocycles. The molecule has 8 heteroatoms. The highest BCUT2D eigenvalue weighted by atomic mass is 16.5. The van der Waals surface area contributed by atoms with Gasteiger partial charge in [-0.1, -0.05) is 0 Å². The molecule has 2 amide bonds. The number of morpholine rings is 1. The van der Waals surface area contributed by atoms with Crippen molar-refractivity contribution < 1.29 is 9.53 Å². The number of hydrogen-bond donors (Lipinski definition) is 0. The van der Waals surface area contributed by atoms with E-state index in [2.05, 4.69) is 14.6 Å². The molecule has 1 atom stereocenters. The predicted octanol–water partition coefficient (Wildman–Crippen LogP) is 0.664. The third kappa shape index (κ3) is 3.14. The number of rotatable bonds is 2. The zero-order valence-electron chi connectivity index (χ0n) is 13.6. The van der Waals surface area contributed by atoms with Gasteiger partial charge in [0.15, 0.2) is 0 Å². The maximum Gasteiger partial charge on any atom is 0.320 e. The van der Waals surface area contributed by atoms with Gasteiger partial charge in [-0.2, -0.15) is 5.10 Å². The summed E-state index contributed by atoms with van der Waals surface area (Å²) in [5.41, 5.74) is 0. The third-order valence-electron chi connectivity index (χ3n) is 4.62. The molecule has 0 saturated carbocycles. The Morgan fingerprint density at radius 1 is 1.17 bits per heavy atom. The van der Waals surface area contributed by atoms with Gasteiger partial charge in [-0.25, -0.2) is 9.78 Å². The van der Waals surface area contributed by atoms with Crippen LogP contribution in [0.2, 0.25) is 0 Å². The summed E-state index contributed by atoms with van der Waals surface area (Å²) in [6.45, 7) is 5.45. The molecule has 1 saturated heterocycles. The van der Waals surface area contributed by atoms with Crippen LogP contribution >= 0.6 is 0 Å². The number of hydrogen-bond acceptors (Lipinski definition) is 4. The summed E-state index contributed by atoms with van der Waals surface area (Å²) in [6, 6.07) is 2.01. The molecule has 128 valence electrons. The van der Waals surface area contributed by atoms with E-state index in [-0.39, 0.29) is 6.03 Å². The van der Waals surface area contributed by atoms with Crippen molar-refractivity contribution in [3.8, 4) is 0 Å². The predicted molar refractivity (Wildman–Crippen MR) is 86.1 cm³/mol. The van der Waals surface area contributed by atoms with Gasteiger partial charge < -0.3 is 19.1 Å². The van der Waals surface area contributed by atoms with Crippen LogP contribution in [0.4, 0.5) is 4.79 Å². The molecule has 24 heavy (non-hydrogen) atoms. The van der Waals surface area contributed by atoms with E-state index in [0.717, 1.165) is 18.9 Å². The minimum Gasteiger partial charge on any atom is -0.378 e. The Bertz CT molecular complexity index is 677. The molecular weight excluding hydrogens is 308 g/mol. The number of imidazole rings is 1. The van der Waals surface area contributed by atoms with Gasteiger partial charge in [0.05, 0.1) is 19.8 Å². The van der Waals surface area contributed by atoms with Gasteiger partial charge in [-0.15, -0.1) is 0 Å². The molecule has 2 aliphatic rings. The summed E-state index contributed by atoms with van der Waals surface area (Å²) in [5.74, 6) is 1.24. The largest absolute Gasteiger partial charge is 0.378 e. The van der Waals surface area contributed by atoms with Crippen LogP contribution in [0.1, 0.15) is 5.82 Å². The zero-order valence-corrected chi connectivity index (χ0v) is 13.6. The van der Waals surface area contributed by atoms with E-state index in [1.165, 1.54) is 0 Å². The van der Waals surface area contributed by atoms with Gasteiger partial charge in [0.2, 0.25) is 0 Å². The Labute approximate surface area is 140 Å². The molecule has 0 bridgehead atoms. The molecule has 0 spiro atoms. The first-order chi connectivity index (χ1) is 11.8. The maximum absolute atomic E-state index is 12.9. The topological polar surface area (TPSA) is 68.4 Å². The van der Waals surface area contributed by atoms with Crippen LogP contribution in [-0.4, -0.2) is 68.0 Å². The van der Waals surface area contributed by atoms with Gasteiger partial charge in [-0.3, -0.25) is 4.68 Å². The Morgan fingerprint density at radius 3 is 2.83 bits per heavy atom. The highest BCUT2D eigenvalue weighted by molar-refractivity contribution is 5.74. The summed E-state index contributed by atoms with van der Waals surface area (Å²) in [6.07, 6.45) is 7.56. The third-order valence-corrected chi connectivity index (χ3v) is 4.62. The van der Waals surface area contributed by atoms with Crippen LogP contribution in [0.5, 0.6) is 0 Å². The lowest BCUT2D eigenvalue weighted by molar-refractivity contribution is 0.0411. The number of ether oxygens (including phenoxy) is 1. The summed E-state index contributed by atoms with van der Waals surface area (Å²) < 4.78 is 9.44. The average Bonchev–Trinajstić information content (AvgIpc) is 3.24. The van der Waals surface area contributed by atoms with Crippen molar-refractivity contribution in [1.82, 2.24) is 29.1 Å². The Balaban J connectivity index is 1.53. The molecule has 8 nitrogen and oxygen atoms in total. The standard InChI is InChI=1S/C16H22N6O2/c23-16(19-6-8-24-9-7-19)21-11-14(12-22-4-1-2-18-22)10-20-5-3-17-15(20)13-21/h1-5,14H,6-13H2/t14-/m1/s1. The van der Waals surface area contributed by atoms with Gasteiger partial charge >= 0.3 is 6.03 Å². The SMILES string of the molecule is O=C(N1CCOCC1)N1Cc2nccn2C[C@@H](Cn2cccn2)C1. The van der Waals surface area contributed by atoms with Crippen molar-refractivity contribution in [2.75, 3.05) is 32.8 Å². The van der Waals surface area contributed by atoms with Gasteiger partial charge in [-0.05, 0) is 6.07 Å². The second-order valence-corrected chi connectivity index (χ2v) is 6.35. The minimum absolute atomic E-state index is 0.0835. The van der Waals surface area contributed by atoms with E-state index in [9.17, 15) is 4.79 Å². The highest BCUT2D eigenvalue weighted by Crippen LogP contribution is 2.18. The Hall–Kier alpha value is -2.35. The fourth-order valence-corrected chi connectivity index (χ4v) is 3.43. The van der Waals surface area contributed by atoms with E-state index >= 15 is 0 Å². The number of nitrogens with zero attached hydrogens (tertiary/aromatic N) is 6. The van der Waals surface area contributed by atoms with Gasteiger partial charge in [0, 0.05) is 63.4 Å². The lowest BCUT2D eigenvalue weighted by Crippen LogP contribution is -2.49. The lowest BCUT2D eigenvalue weighted by Gasteiger charge is -2.33. The van der Waals surface area contributed by atoms with Gasteiger partial charge in [0.1, 0.15) is 5.82 Å². The molecule has 4 rings (SSSR count). The summed E-state index contributed by atoms with van der Waals surface area (Å²) in [4.78, 5) is 21.2. The fourth-order valence-electron chi connectivity index (χ4n) is 3.43. The average molecular weight is 330 g/mol. The number of amides is 2. The van der Waals surface area contributed by atoms with Crippen molar-refractivity contribution >= 4 is 6.03 Å². The molecule has 2 aromatic heterocycles. The van der Waals surface area contributed by atoms with Crippen LogP contribution in [0, 0.1) is 5.92 Å². The second kappa shape index (κ2) is 6.64. The first-order valence-electron chi connectivity index (χ1n) is 8.38. The zero-order chi connectivity index (χ0) is 16.4. The van der Waals surface area contributed by atoms with Crippen molar-refractivity contribution in [2.24, 2.45) is 5.92 Å². The maximum atomic E-state index is 12.9. The Kier molecular flexibility index (Phi) is 4.20. The van der Waals surface area contributed by atoms with E-state index in [0.29, 0.717) is 45.3 Å². The molecule has 2 aromatic rings. The van der Waals surface area contributed by atoms with Crippen molar-refractivity contribution in [3.63, 3.8) is 0 Å². The lowest BCUT2D eigenvalue weighted by atomic mass is 10.1. The fraction of sp³-hybridized carbons (Fsp3) is 0.562. The minimum atomic E-state index is 0.0835. The molecule has 0 radical (unpaired) electrons. The molecule has 1 fully saturated rings. The molecular formula is C16H22N6O2.